The summed E-state index contributed by atoms with van der Waals surface area (Å²) in [5, 5.41) is 26.6. The van der Waals surface area contributed by atoms with Crippen LogP contribution in [-0.2, 0) is 33.6 Å². The van der Waals surface area contributed by atoms with Crippen molar-refractivity contribution in [3.8, 4) is 0 Å². The van der Waals surface area contributed by atoms with E-state index >= 15 is 0 Å². The number of carboxylic acid groups (broad SMARTS) is 1. The van der Waals surface area contributed by atoms with Crippen molar-refractivity contribution in [1.29, 1.82) is 0 Å². The van der Waals surface area contributed by atoms with Crippen molar-refractivity contribution in [1.82, 2.24) is 36.8 Å². The third-order valence-electron chi connectivity index (χ3n) is 9.32. The van der Waals surface area contributed by atoms with Gasteiger partial charge in [0, 0.05) is 24.6 Å². The number of aliphatic hydroxyl groups excluding tert-OH is 1. The van der Waals surface area contributed by atoms with Gasteiger partial charge in [-0.2, -0.15) is 25.3 Å². The number of ketones is 4. The monoisotopic (exact) mass is 805 g/mol. The molecule has 2 aliphatic rings. The van der Waals surface area contributed by atoms with Gasteiger partial charge in [-0.05, 0) is 71.4 Å². The van der Waals surface area contributed by atoms with Crippen LogP contribution in [0.2, 0.25) is 0 Å². The lowest BCUT2D eigenvalue weighted by Gasteiger charge is -2.33. The normalized spacial score (nSPS) is 20.9. The molecule has 20 nitrogen and oxygen atoms in total. The minimum Gasteiger partial charge on any atom is -0.480 e. The SMILES string of the molecule is C[C@@H](O)[C@H](NN[C@@H](CCCCN)C(=O)C(=O)[C@@H]1CCCN1C(=O)[C@@H]1CCCN1N[C@@H](CCCNC(N)N)C(=O)N[C@@H](CS)C(=O)O)C(=O)C(=O)[C@@H](N)CS. The van der Waals surface area contributed by atoms with Crippen LogP contribution in [0.25, 0.3) is 0 Å². The Bertz CT molecular complexity index is 1300. The number of unbranched alkanes of at least 4 members (excludes halogenated alkanes) is 1. The van der Waals surface area contributed by atoms with Gasteiger partial charge in [0.2, 0.25) is 34.9 Å². The van der Waals surface area contributed by atoms with Crippen LogP contribution in [0.3, 0.4) is 0 Å². The van der Waals surface area contributed by atoms with E-state index in [1.54, 1.807) is 5.01 Å². The highest BCUT2D eigenvalue weighted by molar-refractivity contribution is 7.80. The number of aliphatic carboxylic acids is 1. The minimum atomic E-state index is -1.48. The first-order valence-electron chi connectivity index (χ1n) is 18.2. The molecule has 0 saturated carbocycles. The maximum Gasteiger partial charge on any atom is 0.327 e. The maximum absolute atomic E-state index is 14.1. The second-order valence-electron chi connectivity index (χ2n) is 13.5. The number of aliphatic hydroxyl groups is 1. The van der Waals surface area contributed by atoms with Crippen molar-refractivity contribution in [2.45, 2.75) is 119 Å². The Balaban J connectivity index is 2.23. The molecule has 2 rings (SSSR count). The van der Waals surface area contributed by atoms with E-state index in [0.29, 0.717) is 58.2 Å². The molecule has 0 bridgehead atoms. The van der Waals surface area contributed by atoms with E-state index in [1.807, 2.05) is 0 Å². The molecule has 0 spiro atoms. The van der Waals surface area contributed by atoms with Gasteiger partial charge >= 0.3 is 5.97 Å². The zero-order chi connectivity index (χ0) is 40.5. The largest absolute Gasteiger partial charge is 0.480 e. The van der Waals surface area contributed by atoms with E-state index in [4.69, 9.17) is 22.9 Å². The number of hydrogen-bond acceptors (Lipinski definition) is 19. The van der Waals surface area contributed by atoms with Gasteiger partial charge in [0.25, 0.3) is 0 Å². The van der Waals surface area contributed by atoms with Crippen molar-refractivity contribution >= 4 is 66.2 Å². The van der Waals surface area contributed by atoms with Crippen LogP contribution >= 0.6 is 25.3 Å². The number of likely N-dealkylation sites (tertiary alicyclic amines) is 1. The molecule has 0 aromatic rings. The Morgan fingerprint density at radius 2 is 1.46 bits per heavy atom. The van der Waals surface area contributed by atoms with E-state index in [-0.39, 0.29) is 37.3 Å². The Labute approximate surface area is 326 Å². The molecular weight excluding hydrogens is 747 g/mol. The number of nitrogens with one attached hydrogen (secondary N) is 5. The quantitative estimate of drug-likeness (QED) is 0.0122. The lowest BCUT2D eigenvalue weighted by molar-refractivity contribution is -0.147. The third kappa shape index (κ3) is 14.2. The number of thiol groups is 2. The van der Waals surface area contributed by atoms with Crippen LogP contribution in [0.4, 0.5) is 0 Å². The average molecular weight is 806 g/mol. The zero-order valence-electron chi connectivity index (χ0n) is 30.7. The Kier molecular flexibility index (Phi) is 21.2. The van der Waals surface area contributed by atoms with Crippen LogP contribution in [0, 0.1) is 0 Å². The van der Waals surface area contributed by atoms with Crippen molar-refractivity contribution in [3.05, 3.63) is 0 Å². The first-order chi connectivity index (χ1) is 25.6. The van der Waals surface area contributed by atoms with E-state index < -0.39 is 95.6 Å². The summed E-state index contributed by atoms with van der Waals surface area (Å²) in [6.45, 7) is 2.53. The summed E-state index contributed by atoms with van der Waals surface area (Å²) in [7, 11) is 0. The topological polar surface area (TPSA) is 331 Å². The van der Waals surface area contributed by atoms with Crippen LogP contribution in [0.5, 0.6) is 0 Å². The van der Waals surface area contributed by atoms with E-state index in [2.05, 4.69) is 52.2 Å². The molecular formula is C32H59N11O9S2. The summed E-state index contributed by atoms with van der Waals surface area (Å²) in [5.74, 6) is -6.21. The van der Waals surface area contributed by atoms with Crippen molar-refractivity contribution in [2.24, 2.45) is 22.9 Å². The number of carboxylic acids is 1. The van der Waals surface area contributed by atoms with Crippen molar-refractivity contribution in [2.75, 3.05) is 37.7 Å². The molecule has 2 saturated heterocycles. The van der Waals surface area contributed by atoms with Gasteiger partial charge in [-0.15, -0.1) is 0 Å². The van der Waals surface area contributed by atoms with Gasteiger partial charge in [0.15, 0.2) is 0 Å². The number of nitrogens with two attached hydrogens (primary N) is 4. The fourth-order valence-corrected chi connectivity index (χ4v) is 6.68. The second kappa shape index (κ2) is 24.1. The standard InChI is InChI=1S/C32H59N11O9S2/c1-17(44)24(28(48)25(45)18(34)15-53)40-39-19(7-2-3-11-33)26(46)27(47)22-9-5-13-42(22)30(50)23-10-6-14-43(23)41-20(8-4-12-37-32(35)36)29(49)38-21(16-54)31(51)52/h17-24,32,37,39-41,44,53-54H,2-16,33-36H2,1H3,(H,38,49)(H,51,52)/t17-,18+,19+,20+,21+,22+,23+,24+/m1/s1. The van der Waals surface area contributed by atoms with Gasteiger partial charge in [-0.3, -0.25) is 34.1 Å². The van der Waals surface area contributed by atoms with Crippen LogP contribution in [0.15, 0.2) is 0 Å². The van der Waals surface area contributed by atoms with Gasteiger partial charge < -0.3 is 43.4 Å². The van der Waals surface area contributed by atoms with Crippen LogP contribution in [0.1, 0.15) is 64.7 Å². The third-order valence-corrected chi connectivity index (χ3v) is 10.1. The van der Waals surface area contributed by atoms with Gasteiger partial charge in [0.1, 0.15) is 30.5 Å². The average Bonchev–Trinajstić information content (AvgIpc) is 3.82. The highest BCUT2D eigenvalue weighted by atomic mass is 32.1. The Morgan fingerprint density at radius 1 is 0.815 bits per heavy atom. The molecule has 0 aromatic carbocycles. The van der Waals surface area contributed by atoms with E-state index in [9.17, 15) is 43.8 Å². The lowest BCUT2D eigenvalue weighted by atomic mass is 9.97. The number of rotatable bonds is 27. The minimum absolute atomic E-state index is 0.105. The maximum atomic E-state index is 14.1. The highest BCUT2D eigenvalue weighted by Gasteiger charge is 2.44. The second-order valence-corrected chi connectivity index (χ2v) is 14.2. The molecule has 308 valence electrons. The number of Topliss-reactive ketones (excluding diaryl/α,β-unsaturated/α-hetero) is 4. The number of nitrogens with zero attached hydrogens (tertiary/aromatic N) is 2. The summed E-state index contributed by atoms with van der Waals surface area (Å²) in [4.78, 5) is 93.2. The number of hydrogen-bond donors (Lipinski definition) is 13. The van der Waals surface area contributed by atoms with Crippen LogP contribution < -0.4 is 49.8 Å². The zero-order valence-corrected chi connectivity index (χ0v) is 32.4. The Hall–Kier alpha value is -2.61. The van der Waals surface area contributed by atoms with Crippen molar-refractivity contribution in [3.63, 3.8) is 0 Å². The molecule has 54 heavy (non-hydrogen) atoms. The molecule has 0 radical (unpaired) electrons. The summed E-state index contributed by atoms with van der Waals surface area (Å²) in [6, 6.07) is -7.93. The number of carbonyl (C=O) groups is 7. The summed E-state index contributed by atoms with van der Waals surface area (Å²) in [6.07, 6.45) is 1.21. The first kappa shape index (κ1) is 47.5. The number of hydrazine groups is 2. The van der Waals surface area contributed by atoms with Gasteiger partial charge in [-0.25, -0.2) is 26.1 Å². The number of amides is 2. The molecule has 0 unspecified atom stereocenters. The first-order valence-corrected chi connectivity index (χ1v) is 19.5. The molecule has 2 heterocycles. The van der Waals surface area contributed by atoms with E-state index in [0.717, 1.165) is 0 Å². The predicted molar refractivity (Wildman–Crippen MR) is 204 cm³/mol. The molecule has 0 aromatic heterocycles. The molecule has 2 aliphatic heterocycles. The van der Waals surface area contributed by atoms with Crippen LogP contribution in [-0.4, -0.2) is 153 Å². The molecule has 2 fully saturated rings. The molecule has 15 N–H and O–H groups in total. The molecule has 8 atom stereocenters. The Morgan fingerprint density at radius 3 is 2.06 bits per heavy atom. The molecule has 0 aliphatic carbocycles. The molecule has 2 amide bonds. The van der Waals surface area contributed by atoms with Crippen molar-refractivity contribution < 1.29 is 43.8 Å². The smallest absolute Gasteiger partial charge is 0.327 e. The lowest BCUT2D eigenvalue weighted by Crippen LogP contribution is -2.61. The predicted octanol–water partition coefficient (Wildman–Crippen LogP) is -4.74. The van der Waals surface area contributed by atoms with Gasteiger partial charge in [-0.1, -0.05) is 6.42 Å². The highest BCUT2D eigenvalue weighted by Crippen LogP contribution is 2.25. The summed E-state index contributed by atoms with van der Waals surface area (Å²) < 4.78 is 0. The summed E-state index contributed by atoms with van der Waals surface area (Å²) >= 11 is 7.96. The molecule has 22 heteroatoms. The number of carbonyl (C=O) groups excluding carboxylic acids is 6. The van der Waals surface area contributed by atoms with Gasteiger partial charge in [0.05, 0.1) is 24.2 Å². The van der Waals surface area contributed by atoms with E-state index in [1.165, 1.54) is 11.8 Å². The fourth-order valence-electron chi connectivity index (χ4n) is 6.27. The fraction of sp³-hybridized carbons (Fsp3) is 0.781. The summed E-state index contributed by atoms with van der Waals surface area (Å²) in [5.41, 5.74) is 30.7.